The van der Waals surface area contributed by atoms with E-state index in [1.807, 2.05) is 66.7 Å². The van der Waals surface area contributed by atoms with Crippen molar-refractivity contribution in [3.8, 4) is 6.07 Å². The van der Waals surface area contributed by atoms with Gasteiger partial charge in [-0.15, -0.1) is 0 Å². The summed E-state index contributed by atoms with van der Waals surface area (Å²) in [6.45, 7) is 0. The monoisotopic (exact) mass is 458 g/mol. The summed E-state index contributed by atoms with van der Waals surface area (Å²) < 4.78 is 0. The predicted octanol–water partition coefficient (Wildman–Crippen LogP) is 4.92. The molecule has 0 saturated carbocycles. The van der Waals surface area contributed by atoms with Crippen molar-refractivity contribution in [2.24, 2.45) is 5.73 Å². The van der Waals surface area contributed by atoms with E-state index in [4.69, 9.17) is 5.73 Å². The topological polar surface area (TPSA) is 117 Å². The second kappa shape index (κ2) is 9.12. The van der Waals surface area contributed by atoms with Crippen molar-refractivity contribution >= 4 is 33.9 Å². The fraction of sp³-hybridized carbons (Fsp3) is 0.0714. The maximum absolute atomic E-state index is 12.1. The van der Waals surface area contributed by atoms with Crippen LogP contribution in [0.4, 0.5) is 17.1 Å². The van der Waals surface area contributed by atoms with Crippen molar-refractivity contribution in [3.05, 3.63) is 114 Å². The molecule has 0 spiro atoms. The summed E-state index contributed by atoms with van der Waals surface area (Å²) in [4.78, 5) is 21.3. The number of nitrogens with two attached hydrogens (primary N) is 1. The first-order chi connectivity index (χ1) is 17.1. The standard InChI is InChI=1S/C28H22N6O/c29-18-19-8-9-24-23(15-19)25(11-14-31-24)34-28(12-4-5-20(17-28)27(30)35)26-16-22(10-13-32-26)33-21-6-2-1-3-7-21/h1-16H,17H2,(H2,30,35)(H,31,34)(H,32,33). The maximum atomic E-state index is 12.1. The number of carbonyl (C=O) groups excluding carboxylic acids is 1. The number of primary amides is 1. The largest absolute Gasteiger partial charge is 0.370 e. The van der Waals surface area contributed by atoms with Gasteiger partial charge in [0, 0.05) is 46.8 Å². The highest BCUT2D eigenvalue weighted by atomic mass is 16.1. The number of allylic oxidation sites excluding steroid dienone is 2. The predicted molar refractivity (Wildman–Crippen MR) is 137 cm³/mol. The summed E-state index contributed by atoms with van der Waals surface area (Å²) in [5.41, 5.74) is 9.88. The molecule has 0 radical (unpaired) electrons. The van der Waals surface area contributed by atoms with Gasteiger partial charge in [0.1, 0.15) is 5.54 Å². The van der Waals surface area contributed by atoms with Crippen molar-refractivity contribution in [2.45, 2.75) is 12.0 Å². The second-order valence-corrected chi connectivity index (χ2v) is 8.31. The number of hydrogen-bond acceptors (Lipinski definition) is 6. The summed E-state index contributed by atoms with van der Waals surface area (Å²) in [7, 11) is 0. The molecule has 170 valence electrons. The molecule has 7 heteroatoms. The number of fused-ring (bicyclic) bond motifs is 1. The molecular formula is C28H22N6O. The van der Waals surface area contributed by atoms with Crippen LogP contribution in [0.1, 0.15) is 17.7 Å². The highest BCUT2D eigenvalue weighted by Crippen LogP contribution is 2.38. The molecular weight excluding hydrogens is 436 g/mol. The third kappa shape index (κ3) is 4.45. The van der Waals surface area contributed by atoms with Crippen LogP contribution in [0, 0.1) is 11.3 Å². The summed E-state index contributed by atoms with van der Waals surface area (Å²) in [5, 5.41) is 17.2. The number of nitrogens with zero attached hydrogens (tertiary/aromatic N) is 3. The molecule has 4 aromatic rings. The minimum atomic E-state index is -0.857. The number of rotatable bonds is 6. The fourth-order valence-electron chi connectivity index (χ4n) is 4.25. The molecule has 1 aliphatic carbocycles. The van der Waals surface area contributed by atoms with E-state index >= 15 is 0 Å². The second-order valence-electron chi connectivity index (χ2n) is 8.31. The molecule has 4 N–H and O–H groups in total. The third-order valence-corrected chi connectivity index (χ3v) is 5.97. The number of benzene rings is 2. The number of pyridine rings is 2. The summed E-state index contributed by atoms with van der Waals surface area (Å²) in [6, 6.07) is 23.1. The van der Waals surface area contributed by atoms with Gasteiger partial charge in [0.25, 0.3) is 0 Å². The highest BCUT2D eigenvalue weighted by Gasteiger charge is 2.35. The Morgan fingerprint density at radius 1 is 1.00 bits per heavy atom. The van der Waals surface area contributed by atoms with Crippen LogP contribution in [0.3, 0.4) is 0 Å². The van der Waals surface area contributed by atoms with Crippen LogP contribution in [0.5, 0.6) is 0 Å². The van der Waals surface area contributed by atoms with Crippen LogP contribution < -0.4 is 16.4 Å². The van der Waals surface area contributed by atoms with Crippen LogP contribution in [0.15, 0.2) is 103 Å². The quantitative estimate of drug-likeness (QED) is 0.377. The summed E-state index contributed by atoms with van der Waals surface area (Å²) in [5.74, 6) is -0.481. The number of nitrogens with one attached hydrogen (secondary N) is 2. The molecule has 0 fully saturated rings. The highest BCUT2D eigenvalue weighted by molar-refractivity contribution is 5.94. The van der Waals surface area contributed by atoms with E-state index in [1.165, 1.54) is 0 Å². The van der Waals surface area contributed by atoms with Gasteiger partial charge < -0.3 is 16.4 Å². The zero-order chi connectivity index (χ0) is 24.3. The molecule has 2 aromatic heterocycles. The van der Waals surface area contributed by atoms with E-state index in [-0.39, 0.29) is 0 Å². The number of nitriles is 1. The van der Waals surface area contributed by atoms with Crippen molar-refractivity contribution in [3.63, 3.8) is 0 Å². The summed E-state index contributed by atoms with van der Waals surface area (Å²) in [6.07, 6.45) is 9.28. The Morgan fingerprint density at radius 2 is 1.83 bits per heavy atom. The average molecular weight is 459 g/mol. The Hall–Kier alpha value is -4.96. The summed E-state index contributed by atoms with van der Waals surface area (Å²) >= 11 is 0. The van der Waals surface area contributed by atoms with Crippen LogP contribution >= 0.6 is 0 Å². The lowest BCUT2D eigenvalue weighted by Crippen LogP contribution is -2.38. The van der Waals surface area contributed by atoms with Crippen LogP contribution in [0.2, 0.25) is 0 Å². The Kier molecular flexibility index (Phi) is 5.70. The number of aromatic nitrogens is 2. The molecule has 0 aliphatic heterocycles. The molecule has 5 rings (SSSR count). The Labute approximate surface area is 202 Å². The number of hydrogen-bond donors (Lipinski definition) is 3. The van der Waals surface area contributed by atoms with Gasteiger partial charge in [0.2, 0.25) is 5.91 Å². The first kappa shape index (κ1) is 21.9. The van der Waals surface area contributed by atoms with Gasteiger partial charge in [0.05, 0.1) is 22.8 Å². The first-order valence-corrected chi connectivity index (χ1v) is 11.1. The van der Waals surface area contributed by atoms with Gasteiger partial charge >= 0.3 is 0 Å². The van der Waals surface area contributed by atoms with Gasteiger partial charge in [-0.3, -0.25) is 14.8 Å². The van der Waals surface area contributed by atoms with E-state index in [2.05, 4.69) is 26.7 Å². The number of amides is 1. The third-order valence-electron chi connectivity index (χ3n) is 5.97. The van der Waals surface area contributed by atoms with Crippen molar-refractivity contribution in [2.75, 3.05) is 10.6 Å². The van der Waals surface area contributed by atoms with Crippen LogP contribution in [-0.4, -0.2) is 15.9 Å². The lowest BCUT2D eigenvalue weighted by atomic mass is 9.82. The smallest absolute Gasteiger partial charge is 0.244 e. The van der Waals surface area contributed by atoms with Gasteiger partial charge in [-0.05, 0) is 48.5 Å². The lowest BCUT2D eigenvalue weighted by Gasteiger charge is -2.35. The number of carbonyl (C=O) groups is 1. The van der Waals surface area contributed by atoms with E-state index < -0.39 is 11.4 Å². The normalized spacial score (nSPS) is 16.8. The molecule has 2 aromatic carbocycles. The lowest BCUT2D eigenvalue weighted by molar-refractivity contribution is -0.114. The van der Waals surface area contributed by atoms with Crippen molar-refractivity contribution in [1.82, 2.24) is 9.97 Å². The average Bonchev–Trinajstić information content (AvgIpc) is 2.89. The van der Waals surface area contributed by atoms with E-state index in [1.54, 1.807) is 30.6 Å². The molecule has 1 amide bonds. The first-order valence-electron chi connectivity index (χ1n) is 11.1. The van der Waals surface area contributed by atoms with E-state index in [0.29, 0.717) is 23.3 Å². The van der Waals surface area contributed by atoms with E-state index in [0.717, 1.165) is 28.0 Å². The minimum absolute atomic E-state index is 0.308. The molecule has 0 bridgehead atoms. The van der Waals surface area contributed by atoms with Gasteiger partial charge in [-0.2, -0.15) is 5.26 Å². The van der Waals surface area contributed by atoms with Gasteiger partial charge in [-0.1, -0.05) is 36.4 Å². The van der Waals surface area contributed by atoms with Crippen molar-refractivity contribution < 1.29 is 4.79 Å². The molecule has 35 heavy (non-hydrogen) atoms. The molecule has 7 nitrogen and oxygen atoms in total. The zero-order valence-electron chi connectivity index (χ0n) is 18.8. The zero-order valence-corrected chi connectivity index (χ0v) is 18.8. The van der Waals surface area contributed by atoms with Gasteiger partial charge in [0.15, 0.2) is 0 Å². The Balaban J connectivity index is 1.60. The van der Waals surface area contributed by atoms with Crippen molar-refractivity contribution in [1.29, 1.82) is 5.26 Å². The minimum Gasteiger partial charge on any atom is -0.370 e. The Bertz CT molecular complexity index is 1520. The van der Waals surface area contributed by atoms with Crippen LogP contribution in [-0.2, 0) is 10.3 Å². The molecule has 1 aliphatic rings. The molecule has 1 unspecified atom stereocenters. The van der Waals surface area contributed by atoms with Gasteiger partial charge in [-0.25, -0.2) is 0 Å². The SMILES string of the molecule is N#Cc1ccc2nccc(NC3(c4cc(Nc5ccccc5)ccn4)C=CC=C(C(N)=O)C3)c2c1. The van der Waals surface area contributed by atoms with E-state index in [9.17, 15) is 10.1 Å². The Morgan fingerprint density at radius 3 is 2.63 bits per heavy atom. The van der Waals surface area contributed by atoms with Crippen LogP contribution in [0.25, 0.3) is 10.9 Å². The fourth-order valence-corrected chi connectivity index (χ4v) is 4.25. The molecule has 2 heterocycles. The number of para-hydroxylation sites is 1. The number of anilines is 3. The maximum Gasteiger partial charge on any atom is 0.244 e. The molecule has 1 atom stereocenters. The molecule has 0 saturated heterocycles.